The van der Waals surface area contributed by atoms with E-state index in [4.69, 9.17) is 0 Å². The van der Waals surface area contributed by atoms with Gasteiger partial charge in [-0.1, -0.05) is 0 Å². The van der Waals surface area contributed by atoms with Crippen molar-refractivity contribution in [1.29, 1.82) is 0 Å². The maximum absolute atomic E-state index is 12.6. The predicted molar refractivity (Wildman–Crippen MR) is 80.2 cm³/mol. The second-order valence-corrected chi connectivity index (χ2v) is 5.73. The van der Waals surface area contributed by atoms with Gasteiger partial charge in [-0.3, -0.25) is 4.79 Å². The molecule has 1 aliphatic heterocycles. The first-order chi connectivity index (χ1) is 10.3. The maximum atomic E-state index is 12.6. The van der Waals surface area contributed by atoms with Gasteiger partial charge in [0, 0.05) is 19.3 Å². The molecule has 0 atom stereocenters. The van der Waals surface area contributed by atoms with Crippen molar-refractivity contribution < 1.29 is 4.79 Å². The van der Waals surface area contributed by atoms with Gasteiger partial charge in [0.1, 0.15) is 5.03 Å². The van der Waals surface area contributed by atoms with E-state index in [2.05, 4.69) is 15.2 Å². The van der Waals surface area contributed by atoms with Crippen LogP contribution in [0.3, 0.4) is 0 Å². The summed E-state index contributed by atoms with van der Waals surface area (Å²) in [4.78, 5) is 20.5. The molecule has 1 aliphatic rings. The summed E-state index contributed by atoms with van der Waals surface area (Å²) in [6.07, 6.45) is 8.81. The SMILES string of the molecule is CSc1ncccc1C(=O)N1CCC(n2nccn2)CC1. The van der Waals surface area contributed by atoms with Gasteiger partial charge in [0.05, 0.1) is 24.0 Å². The van der Waals surface area contributed by atoms with Crippen molar-refractivity contribution in [3.8, 4) is 0 Å². The van der Waals surface area contributed by atoms with Crippen LogP contribution in [0.1, 0.15) is 29.2 Å². The summed E-state index contributed by atoms with van der Waals surface area (Å²) in [6.45, 7) is 1.46. The summed E-state index contributed by atoms with van der Waals surface area (Å²) in [5.74, 6) is 0.0688. The molecule has 2 aromatic heterocycles. The fourth-order valence-electron chi connectivity index (χ4n) is 2.60. The Morgan fingerprint density at radius 2 is 1.95 bits per heavy atom. The first kappa shape index (κ1) is 14.1. The second kappa shape index (κ2) is 6.26. The molecular weight excluding hydrogens is 286 g/mol. The molecule has 110 valence electrons. The third kappa shape index (κ3) is 2.92. The van der Waals surface area contributed by atoms with Crippen LogP contribution in [0.2, 0.25) is 0 Å². The lowest BCUT2D eigenvalue weighted by Gasteiger charge is -2.31. The lowest BCUT2D eigenvalue weighted by atomic mass is 10.0. The molecule has 0 aliphatic carbocycles. The summed E-state index contributed by atoms with van der Waals surface area (Å²) in [6, 6.07) is 3.95. The molecule has 6 nitrogen and oxygen atoms in total. The van der Waals surface area contributed by atoms with Crippen molar-refractivity contribution in [2.24, 2.45) is 0 Å². The fourth-order valence-corrected chi connectivity index (χ4v) is 3.14. The van der Waals surface area contributed by atoms with E-state index in [0.29, 0.717) is 5.56 Å². The van der Waals surface area contributed by atoms with Crippen LogP contribution in [0.25, 0.3) is 0 Å². The molecule has 1 amide bonds. The number of piperidine rings is 1. The Morgan fingerprint density at radius 1 is 1.24 bits per heavy atom. The van der Waals surface area contributed by atoms with Gasteiger partial charge < -0.3 is 4.90 Å². The van der Waals surface area contributed by atoms with Crippen LogP contribution >= 0.6 is 11.8 Å². The molecule has 0 bridgehead atoms. The average Bonchev–Trinajstić information content (AvgIpc) is 3.09. The molecule has 7 heteroatoms. The molecule has 21 heavy (non-hydrogen) atoms. The summed E-state index contributed by atoms with van der Waals surface area (Å²) < 4.78 is 0. The summed E-state index contributed by atoms with van der Waals surface area (Å²) in [5.41, 5.74) is 0.695. The van der Waals surface area contributed by atoms with Crippen LogP contribution in [0, 0.1) is 0 Å². The Hall–Kier alpha value is -1.89. The number of nitrogens with zero attached hydrogens (tertiary/aromatic N) is 5. The number of amides is 1. The minimum Gasteiger partial charge on any atom is -0.338 e. The van der Waals surface area contributed by atoms with Gasteiger partial charge in [-0.25, -0.2) is 4.98 Å². The topological polar surface area (TPSA) is 63.9 Å². The molecule has 0 saturated carbocycles. The predicted octanol–water partition coefficient (Wildman–Crippen LogP) is 1.87. The quantitative estimate of drug-likeness (QED) is 0.810. The van der Waals surface area contributed by atoms with Crippen molar-refractivity contribution in [2.45, 2.75) is 23.9 Å². The molecule has 0 spiro atoms. The Morgan fingerprint density at radius 3 is 2.62 bits per heavy atom. The van der Waals surface area contributed by atoms with Gasteiger partial charge in [0.15, 0.2) is 0 Å². The van der Waals surface area contributed by atoms with Crippen molar-refractivity contribution >= 4 is 17.7 Å². The molecule has 3 heterocycles. The summed E-state index contributed by atoms with van der Waals surface area (Å²) >= 11 is 1.50. The van der Waals surface area contributed by atoms with Crippen LogP contribution in [-0.2, 0) is 0 Å². The number of rotatable bonds is 3. The Labute approximate surface area is 127 Å². The van der Waals surface area contributed by atoms with E-state index in [-0.39, 0.29) is 11.9 Å². The molecule has 3 rings (SSSR count). The Bertz CT molecular complexity index is 608. The highest BCUT2D eigenvalue weighted by Crippen LogP contribution is 2.24. The standard InChI is InChI=1S/C14H17N5OS/c1-21-13-12(3-2-6-15-13)14(20)18-9-4-11(5-10-18)19-16-7-8-17-19/h2-3,6-8,11H,4-5,9-10H2,1H3. The van der Waals surface area contributed by atoms with E-state index >= 15 is 0 Å². The van der Waals surface area contributed by atoms with Crippen LogP contribution in [0.15, 0.2) is 35.7 Å². The van der Waals surface area contributed by atoms with Gasteiger partial charge in [-0.05, 0) is 31.2 Å². The number of pyridine rings is 1. The third-order valence-electron chi connectivity index (χ3n) is 3.71. The lowest BCUT2D eigenvalue weighted by molar-refractivity contribution is 0.0679. The molecule has 0 aromatic carbocycles. The van der Waals surface area contributed by atoms with E-state index in [0.717, 1.165) is 31.0 Å². The molecule has 2 aromatic rings. The fraction of sp³-hybridized carbons (Fsp3) is 0.429. The number of carbonyl (C=O) groups is 1. The van der Waals surface area contributed by atoms with Crippen molar-refractivity contribution in [2.75, 3.05) is 19.3 Å². The second-order valence-electron chi connectivity index (χ2n) is 4.93. The molecule has 1 saturated heterocycles. The van der Waals surface area contributed by atoms with E-state index in [1.165, 1.54) is 11.8 Å². The first-order valence-corrected chi connectivity index (χ1v) is 8.16. The largest absolute Gasteiger partial charge is 0.338 e. The number of likely N-dealkylation sites (tertiary alicyclic amines) is 1. The molecule has 0 N–H and O–H groups in total. The minimum absolute atomic E-state index is 0.0688. The van der Waals surface area contributed by atoms with Crippen molar-refractivity contribution in [3.05, 3.63) is 36.3 Å². The molecule has 0 unspecified atom stereocenters. The third-order valence-corrected chi connectivity index (χ3v) is 4.42. The van der Waals surface area contributed by atoms with Crippen molar-refractivity contribution in [3.63, 3.8) is 0 Å². The molecule has 1 fully saturated rings. The monoisotopic (exact) mass is 303 g/mol. The highest BCUT2D eigenvalue weighted by molar-refractivity contribution is 7.98. The van der Waals surface area contributed by atoms with Crippen LogP contribution in [0.4, 0.5) is 0 Å². The number of aromatic nitrogens is 4. The number of thioether (sulfide) groups is 1. The molecular formula is C14H17N5OS. The minimum atomic E-state index is 0.0688. The zero-order valence-corrected chi connectivity index (χ0v) is 12.7. The van der Waals surface area contributed by atoms with Crippen molar-refractivity contribution in [1.82, 2.24) is 24.9 Å². The summed E-state index contributed by atoms with van der Waals surface area (Å²) in [5, 5.41) is 9.16. The zero-order valence-electron chi connectivity index (χ0n) is 11.8. The van der Waals surface area contributed by atoms with Gasteiger partial charge in [-0.2, -0.15) is 15.0 Å². The maximum Gasteiger partial charge on any atom is 0.256 e. The average molecular weight is 303 g/mol. The van der Waals surface area contributed by atoms with E-state index in [9.17, 15) is 4.79 Å². The van der Waals surface area contributed by atoms with Gasteiger partial charge >= 0.3 is 0 Å². The summed E-state index contributed by atoms with van der Waals surface area (Å²) in [7, 11) is 0. The Balaban J connectivity index is 1.68. The Kier molecular flexibility index (Phi) is 4.19. The van der Waals surface area contributed by atoms with Crippen LogP contribution in [-0.4, -0.2) is 50.1 Å². The highest BCUT2D eigenvalue weighted by atomic mass is 32.2. The highest BCUT2D eigenvalue weighted by Gasteiger charge is 2.26. The van der Waals surface area contributed by atoms with Gasteiger partial charge in [0.25, 0.3) is 5.91 Å². The normalized spacial score (nSPS) is 16.1. The smallest absolute Gasteiger partial charge is 0.256 e. The van der Waals surface area contributed by atoms with Crippen LogP contribution < -0.4 is 0 Å². The van der Waals surface area contributed by atoms with E-state index < -0.39 is 0 Å². The number of carbonyl (C=O) groups excluding carboxylic acids is 1. The lowest BCUT2D eigenvalue weighted by Crippen LogP contribution is -2.39. The number of hydrogen-bond acceptors (Lipinski definition) is 5. The van der Waals surface area contributed by atoms with Gasteiger partial charge in [0.2, 0.25) is 0 Å². The van der Waals surface area contributed by atoms with Crippen LogP contribution in [0.5, 0.6) is 0 Å². The number of hydrogen-bond donors (Lipinski definition) is 0. The van der Waals surface area contributed by atoms with E-state index in [1.807, 2.05) is 23.3 Å². The van der Waals surface area contributed by atoms with Gasteiger partial charge in [-0.15, -0.1) is 11.8 Å². The molecule has 0 radical (unpaired) electrons. The zero-order chi connectivity index (χ0) is 14.7. The first-order valence-electron chi connectivity index (χ1n) is 6.93. The van der Waals surface area contributed by atoms with E-state index in [1.54, 1.807) is 23.4 Å².